The van der Waals surface area contributed by atoms with Crippen molar-refractivity contribution in [3.63, 3.8) is 0 Å². The van der Waals surface area contributed by atoms with E-state index in [1.54, 1.807) is 0 Å². The van der Waals surface area contributed by atoms with E-state index >= 15 is 0 Å². The molecule has 0 aromatic carbocycles. The van der Waals surface area contributed by atoms with Crippen molar-refractivity contribution in [2.24, 2.45) is 16.8 Å². The van der Waals surface area contributed by atoms with Gasteiger partial charge in [0.25, 0.3) is 0 Å². The van der Waals surface area contributed by atoms with Crippen molar-refractivity contribution in [1.29, 1.82) is 0 Å². The number of sulfonamides is 1. The molecule has 0 radical (unpaired) electrons. The van der Waals surface area contributed by atoms with Crippen LogP contribution in [0.2, 0.25) is 0 Å². The van der Waals surface area contributed by atoms with E-state index < -0.39 is 10.0 Å². The molecule has 14 heavy (non-hydrogen) atoms. The van der Waals surface area contributed by atoms with E-state index in [9.17, 15) is 8.42 Å². The monoisotopic (exact) mass is 221 g/mol. The van der Waals surface area contributed by atoms with Crippen molar-refractivity contribution in [2.45, 2.75) is 19.4 Å². The highest BCUT2D eigenvalue weighted by Gasteiger charge is 2.23. The van der Waals surface area contributed by atoms with Crippen LogP contribution in [0.5, 0.6) is 0 Å². The molecule has 0 amide bonds. The molecule has 0 bridgehead atoms. The van der Waals surface area contributed by atoms with Gasteiger partial charge in [-0.05, 0) is 18.9 Å². The molecule has 84 valence electrons. The summed E-state index contributed by atoms with van der Waals surface area (Å²) in [5.41, 5.74) is 5.85. The van der Waals surface area contributed by atoms with Crippen LogP contribution < -0.4 is 10.9 Å². The van der Waals surface area contributed by atoms with Crippen LogP contribution in [0.3, 0.4) is 0 Å². The molecule has 1 fully saturated rings. The molecular formula is C8H19N3O2S. The van der Waals surface area contributed by atoms with E-state index in [2.05, 4.69) is 11.8 Å². The molecule has 1 heterocycles. The first-order chi connectivity index (χ1) is 6.38. The summed E-state index contributed by atoms with van der Waals surface area (Å²) in [5, 5.41) is 4.94. The fraction of sp³-hybridized carbons (Fsp3) is 1.00. The molecule has 4 N–H and O–H groups in total. The Kier molecular flexibility index (Phi) is 3.88. The third kappa shape index (κ3) is 3.91. The average Bonchev–Trinajstić information content (AvgIpc) is 2.06. The summed E-state index contributed by atoms with van der Waals surface area (Å²) in [7, 11) is -3.33. The summed E-state index contributed by atoms with van der Waals surface area (Å²) in [4.78, 5) is 2.11. The van der Waals surface area contributed by atoms with E-state index in [1.807, 2.05) is 0 Å². The number of hydrogen-bond donors (Lipinski definition) is 2. The largest absolute Gasteiger partial charge is 0.327 e. The maximum atomic E-state index is 10.7. The van der Waals surface area contributed by atoms with E-state index in [1.165, 1.54) is 0 Å². The predicted molar refractivity (Wildman–Crippen MR) is 56.2 cm³/mol. The maximum absolute atomic E-state index is 10.7. The second-order valence-electron chi connectivity index (χ2n) is 4.10. The number of hydrogen-bond acceptors (Lipinski definition) is 4. The molecule has 0 aromatic heterocycles. The van der Waals surface area contributed by atoms with Crippen LogP contribution in [0.1, 0.15) is 13.3 Å². The normalized spacial score (nSPS) is 30.5. The lowest BCUT2D eigenvalue weighted by Crippen LogP contribution is -2.47. The molecule has 0 aromatic rings. The molecule has 1 aliphatic heterocycles. The first-order valence-electron chi connectivity index (χ1n) is 4.87. The van der Waals surface area contributed by atoms with Crippen molar-refractivity contribution in [3.8, 4) is 0 Å². The Hall–Kier alpha value is -0.170. The Morgan fingerprint density at radius 3 is 2.64 bits per heavy atom. The number of piperidine rings is 1. The quantitative estimate of drug-likeness (QED) is 0.636. The first kappa shape index (κ1) is 11.9. The number of rotatable bonds is 3. The lowest BCUT2D eigenvalue weighted by atomic mass is 9.95. The molecule has 1 aliphatic rings. The van der Waals surface area contributed by atoms with Crippen molar-refractivity contribution >= 4 is 10.0 Å². The van der Waals surface area contributed by atoms with Gasteiger partial charge in [-0.25, -0.2) is 13.6 Å². The third-order valence-electron chi connectivity index (χ3n) is 2.75. The Labute approximate surface area is 85.5 Å². The van der Waals surface area contributed by atoms with Gasteiger partial charge in [-0.15, -0.1) is 0 Å². The zero-order chi connectivity index (χ0) is 10.8. The average molecular weight is 221 g/mol. The van der Waals surface area contributed by atoms with E-state index in [0.29, 0.717) is 12.5 Å². The lowest BCUT2D eigenvalue weighted by molar-refractivity contribution is 0.173. The first-order valence-corrected chi connectivity index (χ1v) is 6.58. The minimum Gasteiger partial charge on any atom is -0.327 e. The highest BCUT2D eigenvalue weighted by molar-refractivity contribution is 7.89. The highest BCUT2D eigenvalue weighted by Crippen LogP contribution is 2.14. The zero-order valence-corrected chi connectivity index (χ0v) is 9.33. The Morgan fingerprint density at radius 2 is 2.14 bits per heavy atom. The molecule has 6 heteroatoms. The van der Waals surface area contributed by atoms with Gasteiger partial charge in [0.2, 0.25) is 10.0 Å². The van der Waals surface area contributed by atoms with Crippen molar-refractivity contribution in [1.82, 2.24) is 4.90 Å². The predicted octanol–water partition coefficient (Wildman–Crippen LogP) is -1.06. The second-order valence-corrected chi connectivity index (χ2v) is 5.83. The van der Waals surface area contributed by atoms with Crippen molar-refractivity contribution in [3.05, 3.63) is 0 Å². The maximum Gasteiger partial charge on any atom is 0.210 e. The van der Waals surface area contributed by atoms with Gasteiger partial charge in [-0.3, -0.25) is 0 Å². The number of likely N-dealkylation sites (tertiary alicyclic amines) is 1. The molecule has 2 unspecified atom stereocenters. The van der Waals surface area contributed by atoms with Crippen LogP contribution in [0.25, 0.3) is 0 Å². The van der Waals surface area contributed by atoms with Gasteiger partial charge < -0.3 is 10.6 Å². The molecule has 2 atom stereocenters. The Balaban J connectivity index is 2.34. The smallest absolute Gasteiger partial charge is 0.210 e. The van der Waals surface area contributed by atoms with Crippen LogP contribution in [-0.2, 0) is 10.0 Å². The number of primary sulfonamides is 1. The van der Waals surface area contributed by atoms with Crippen LogP contribution in [0.15, 0.2) is 0 Å². The van der Waals surface area contributed by atoms with Gasteiger partial charge >= 0.3 is 0 Å². The van der Waals surface area contributed by atoms with Gasteiger partial charge in [0.05, 0.1) is 5.75 Å². The van der Waals surface area contributed by atoms with Gasteiger partial charge in [0, 0.05) is 19.1 Å². The summed E-state index contributed by atoms with van der Waals surface area (Å²) >= 11 is 0. The van der Waals surface area contributed by atoms with Crippen molar-refractivity contribution in [2.75, 3.05) is 25.4 Å². The topological polar surface area (TPSA) is 89.4 Å². The summed E-state index contributed by atoms with van der Waals surface area (Å²) in [5.74, 6) is 0.471. The Morgan fingerprint density at radius 1 is 1.50 bits per heavy atom. The van der Waals surface area contributed by atoms with E-state index in [0.717, 1.165) is 19.5 Å². The summed E-state index contributed by atoms with van der Waals surface area (Å²) in [6, 6.07) is 0.251. The Bertz CT molecular complexity index is 278. The molecular weight excluding hydrogens is 202 g/mol. The van der Waals surface area contributed by atoms with Gasteiger partial charge in [0.1, 0.15) is 0 Å². The van der Waals surface area contributed by atoms with Crippen LogP contribution in [-0.4, -0.2) is 44.7 Å². The molecule has 1 saturated heterocycles. The number of nitrogens with two attached hydrogens (primary N) is 2. The molecule has 0 aliphatic carbocycles. The van der Waals surface area contributed by atoms with Crippen LogP contribution >= 0.6 is 0 Å². The summed E-state index contributed by atoms with van der Waals surface area (Å²) < 4.78 is 21.5. The van der Waals surface area contributed by atoms with Crippen molar-refractivity contribution < 1.29 is 8.42 Å². The third-order valence-corrected chi connectivity index (χ3v) is 3.50. The summed E-state index contributed by atoms with van der Waals surface area (Å²) in [6.07, 6.45) is 0.936. The zero-order valence-electron chi connectivity index (χ0n) is 8.52. The summed E-state index contributed by atoms with van der Waals surface area (Å²) in [6.45, 7) is 4.36. The minimum atomic E-state index is -3.33. The number of nitrogens with zero attached hydrogens (tertiary/aromatic N) is 1. The molecule has 5 nitrogen and oxygen atoms in total. The molecule has 1 rings (SSSR count). The van der Waals surface area contributed by atoms with Gasteiger partial charge in [-0.1, -0.05) is 6.92 Å². The minimum absolute atomic E-state index is 0.0367. The standard InChI is InChI=1S/C8H19N3O2S/c1-7-6-11(3-2-8(7)9)4-5-14(10,12)13/h7-8H,2-6,9H2,1H3,(H2,10,12,13). The highest BCUT2D eigenvalue weighted by atomic mass is 32.2. The fourth-order valence-electron chi connectivity index (χ4n) is 1.71. The lowest BCUT2D eigenvalue weighted by Gasteiger charge is -2.34. The van der Waals surface area contributed by atoms with E-state index in [-0.39, 0.29) is 11.8 Å². The van der Waals surface area contributed by atoms with Crippen LogP contribution in [0, 0.1) is 5.92 Å². The van der Waals surface area contributed by atoms with Gasteiger partial charge in [-0.2, -0.15) is 0 Å². The fourth-order valence-corrected chi connectivity index (χ4v) is 2.22. The van der Waals surface area contributed by atoms with Crippen LogP contribution in [0.4, 0.5) is 0 Å². The molecule has 0 saturated carbocycles. The SMILES string of the molecule is CC1CN(CCS(N)(=O)=O)CCC1N. The van der Waals surface area contributed by atoms with Gasteiger partial charge in [0.15, 0.2) is 0 Å². The van der Waals surface area contributed by atoms with E-state index in [4.69, 9.17) is 10.9 Å². The molecule has 0 spiro atoms. The second kappa shape index (κ2) is 4.57.